The minimum Gasteiger partial charge on any atom is -0.335 e. The monoisotopic (exact) mass is 324 g/mol. The zero-order valence-corrected chi connectivity index (χ0v) is 12.9. The molecule has 0 radical (unpaired) electrons. The molecule has 0 bridgehead atoms. The lowest BCUT2D eigenvalue weighted by Crippen LogP contribution is -2.40. The van der Waals surface area contributed by atoms with Crippen LogP contribution in [-0.4, -0.2) is 23.4 Å². The third kappa shape index (κ3) is 3.57. The highest BCUT2D eigenvalue weighted by molar-refractivity contribution is 9.10. The fraction of sp³-hybridized carbons (Fsp3) is 0.533. The molecule has 1 aromatic rings. The van der Waals surface area contributed by atoms with E-state index in [2.05, 4.69) is 22.0 Å². The Morgan fingerprint density at radius 3 is 2.68 bits per heavy atom. The first-order chi connectivity index (χ1) is 9.17. The Morgan fingerprint density at radius 2 is 2.16 bits per heavy atom. The number of benzene rings is 1. The maximum atomic E-state index is 12.5. The van der Waals surface area contributed by atoms with Gasteiger partial charge in [0.2, 0.25) is 5.91 Å². The molecule has 4 heteroatoms. The van der Waals surface area contributed by atoms with Crippen LogP contribution >= 0.6 is 15.9 Å². The van der Waals surface area contributed by atoms with Crippen molar-refractivity contribution in [3.63, 3.8) is 0 Å². The molecule has 1 aromatic carbocycles. The molecule has 1 unspecified atom stereocenters. The zero-order valence-electron chi connectivity index (χ0n) is 11.3. The molecule has 104 valence electrons. The number of hydrogen-bond donors (Lipinski definition) is 1. The first-order valence-corrected chi connectivity index (χ1v) is 7.70. The highest BCUT2D eigenvalue weighted by atomic mass is 79.9. The molecule has 1 saturated carbocycles. The van der Waals surface area contributed by atoms with Crippen molar-refractivity contribution in [1.82, 2.24) is 4.90 Å². The molecular weight excluding hydrogens is 304 g/mol. The van der Waals surface area contributed by atoms with Crippen molar-refractivity contribution < 1.29 is 4.79 Å². The van der Waals surface area contributed by atoms with Crippen molar-refractivity contribution in [2.24, 2.45) is 11.7 Å². The minimum atomic E-state index is -0.0388. The fourth-order valence-electron chi connectivity index (χ4n) is 2.26. The van der Waals surface area contributed by atoms with E-state index in [1.54, 1.807) is 0 Å². The number of nitrogens with two attached hydrogens (primary N) is 1. The van der Waals surface area contributed by atoms with Gasteiger partial charge in [0.05, 0.1) is 5.92 Å². The second-order valence-corrected chi connectivity index (χ2v) is 5.98. The summed E-state index contributed by atoms with van der Waals surface area (Å²) >= 11 is 3.55. The molecule has 0 heterocycles. The van der Waals surface area contributed by atoms with Gasteiger partial charge in [-0.2, -0.15) is 0 Å². The normalized spacial score (nSPS) is 16.2. The third-order valence-electron chi connectivity index (χ3n) is 3.70. The van der Waals surface area contributed by atoms with Crippen LogP contribution in [0.1, 0.15) is 31.7 Å². The number of halogens is 1. The van der Waals surface area contributed by atoms with Crippen LogP contribution in [-0.2, 0) is 11.3 Å². The van der Waals surface area contributed by atoms with Crippen LogP contribution < -0.4 is 5.73 Å². The largest absolute Gasteiger partial charge is 0.335 e. The van der Waals surface area contributed by atoms with Gasteiger partial charge in [0, 0.05) is 23.6 Å². The molecule has 1 aliphatic carbocycles. The highest BCUT2D eigenvalue weighted by Crippen LogP contribution is 2.31. The van der Waals surface area contributed by atoms with Crippen molar-refractivity contribution >= 4 is 21.8 Å². The predicted molar refractivity (Wildman–Crippen MR) is 80.5 cm³/mol. The van der Waals surface area contributed by atoms with Crippen molar-refractivity contribution in [3.8, 4) is 0 Å². The third-order valence-corrected chi connectivity index (χ3v) is 4.47. The maximum Gasteiger partial charge on any atom is 0.227 e. The summed E-state index contributed by atoms with van der Waals surface area (Å²) in [5.74, 6) is 0.173. The summed E-state index contributed by atoms with van der Waals surface area (Å²) in [5.41, 5.74) is 6.87. The summed E-state index contributed by atoms with van der Waals surface area (Å²) in [6.45, 7) is 3.15. The zero-order chi connectivity index (χ0) is 13.8. The number of carbonyl (C=O) groups is 1. The van der Waals surface area contributed by atoms with E-state index in [9.17, 15) is 4.79 Å². The molecule has 0 aromatic heterocycles. The smallest absolute Gasteiger partial charge is 0.227 e. The number of rotatable bonds is 6. The maximum absolute atomic E-state index is 12.5. The van der Waals surface area contributed by atoms with Gasteiger partial charge in [0.15, 0.2) is 0 Å². The second-order valence-electron chi connectivity index (χ2n) is 5.13. The standard InChI is InChI=1S/C15H21BrN2O/c1-2-11(9-17)15(19)18(13-7-8-13)10-12-5-3-4-6-14(12)16/h3-6,11,13H,2,7-10,17H2,1H3. The van der Waals surface area contributed by atoms with Crippen LogP contribution in [0.15, 0.2) is 28.7 Å². The van der Waals surface area contributed by atoms with Crippen LogP contribution in [0.4, 0.5) is 0 Å². The van der Waals surface area contributed by atoms with Crippen molar-refractivity contribution in [2.75, 3.05) is 6.54 Å². The second kappa shape index (κ2) is 6.53. The molecule has 0 aliphatic heterocycles. The van der Waals surface area contributed by atoms with E-state index >= 15 is 0 Å². The van der Waals surface area contributed by atoms with Crippen molar-refractivity contribution in [1.29, 1.82) is 0 Å². The van der Waals surface area contributed by atoms with Gasteiger partial charge < -0.3 is 10.6 Å². The average molecular weight is 325 g/mol. The van der Waals surface area contributed by atoms with E-state index in [-0.39, 0.29) is 11.8 Å². The van der Waals surface area contributed by atoms with Gasteiger partial charge in [0.25, 0.3) is 0 Å². The number of amides is 1. The number of nitrogens with zero attached hydrogens (tertiary/aromatic N) is 1. The van der Waals surface area contributed by atoms with Gasteiger partial charge in [-0.05, 0) is 30.9 Å². The van der Waals surface area contributed by atoms with E-state index in [0.29, 0.717) is 19.1 Å². The summed E-state index contributed by atoms with van der Waals surface area (Å²) in [6, 6.07) is 8.50. The lowest BCUT2D eigenvalue weighted by Gasteiger charge is -2.27. The Labute approximate surface area is 123 Å². The summed E-state index contributed by atoms with van der Waals surface area (Å²) < 4.78 is 1.06. The van der Waals surface area contributed by atoms with Gasteiger partial charge in [-0.3, -0.25) is 4.79 Å². The summed E-state index contributed by atoms with van der Waals surface area (Å²) in [6.07, 6.45) is 3.06. The van der Waals surface area contributed by atoms with Gasteiger partial charge in [-0.1, -0.05) is 41.1 Å². The van der Waals surface area contributed by atoms with Gasteiger partial charge in [0.1, 0.15) is 0 Å². The van der Waals surface area contributed by atoms with Crippen LogP contribution in [0.3, 0.4) is 0 Å². The van der Waals surface area contributed by atoms with Gasteiger partial charge in [-0.15, -0.1) is 0 Å². The van der Waals surface area contributed by atoms with E-state index < -0.39 is 0 Å². The molecule has 1 aliphatic rings. The van der Waals surface area contributed by atoms with Gasteiger partial charge in [-0.25, -0.2) is 0 Å². The fourth-order valence-corrected chi connectivity index (χ4v) is 2.67. The van der Waals surface area contributed by atoms with Gasteiger partial charge >= 0.3 is 0 Å². The first kappa shape index (κ1) is 14.5. The average Bonchev–Trinajstić information content (AvgIpc) is 3.23. The van der Waals surface area contributed by atoms with E-state index in [1.807, 2.05) is 30.0 Å². The van der Waals surface area contributed by atoms with E-state index in [1.165, 1.54) is 0 Å². The summed E-state index contributed by atoms with van der Waals surface area (Å²) in [5, 5.41) is 0. The highest BCUT2D eigenvalue weighted by Gasteiger charge is 2.35. The molecule has 19 heavy (non-hydrogen) atoms. The van der Waals surface area contributed by atoms with Crippen LogP contribution in [0.5, 0.6) is 0 Å². The predicted octanol–water partition coefficient (Wildman–Crippen LogP) is 2.93. The Kier molecular flexibility index (Phi) is 4.99. The van der Waals surface area contributed by atoms with E-state index in [4.69, 9.17) is 5.73 Å². The lowest BCUT2D eigenvalue weighted by molar-refractivity contribution is -0.136. The lowest BCUT2D eigenvalue weighted by atomic mass is 10.0. The molecule has 1 fully saturated rings. The number of carbonyl (C=O) groups excluding carboxylic acids is 1. The molecule has 1 amide bonds. The molecule has 1 atom stereocenters. The molecule has 2 N–H and O–H groups in total. The molecule has 2 rings (SSSR count). The topological polar surface area (TPSA) is 46.3 Å². The molecule has 3 nitrogen and oxygen atoms in total. The Morgan fingerprint density at radius 1 is 1.47 bits per heavy atom. The first-order valence-electron chi connectivity index (χ1n) is 6.91. The number of hydrogen-bond acceptors (Lipinski definition) is 2. The Hall–Kier alpha value is -0.870. The quantitative estimate of drug-likeness (QED) is 0.874. The SMILES string of the molecule is CCC(CN)C(=O)N(Cc1ccccc1Br)C1CC1. The summed E-state index contributed by atoms with van der Waals surface area (Å²) in [7, 11) is 0. The Balaban J connectivity index is 2.13. The Bertz CT molecular complexity index is 442. The molecular formula is C15H21BrN2O. The van der Waals surface area contributed by atoms with Crippen LogP contribution in [0.25, 0.3) is 0 Å². The molecule has 0 spiro atoms. The van der Waals surface area contributed by atoms with Crippen LogP contribution in [0.2, 0.25) is 0 Å². The minimum absolute atomic E-state index is 0.0388. The summed E-state index contributed by atoms with van der Waals surface area (Å²) in [4.78, 5) is 14.5. The van der Waals surface area contributed by atoms with Crippen molar-refractivity contribution in [3.05, 3.63) is 34.3 Å². The van der Waals surface area contributed by atoms with E-state index in [0.717, 1.165) is 29.3 Å². The molecule has 0 saturated heterocycles. The van der Waals surface area contributed by atoms with Crippen molar-refractivity contribution in [2.45, 2.75) is 38.8 Å². The van der Waals surface area contributed by atoms with Crippen LogP contribution in [0, 0.1) is 5.92 Å².